The zero-order valence-corrected chi connectivity index (χ0v) is 15.7. The van der Waals surface area contributed by atoms with Gasteiger partial charge >= 0.3 is 0 Å². The van der Waals surface area contributed by atoms with Crippen molar-refractivity contribution >= 4 is 44.9 Å². The topological polar surface area (TPSA) is 26.3 Å². The second-order valence-electron chi connectivity index (χ2n) is 6.48. The molecule has 1 saturated carbocycles. The molecule has 2 aliphatic carbocycles. The number of benzene rings is 1. The molecule has 1 aromatic carbocycles. The highest BCUT2D eigenvalue weighted by atomic mass is 79.9. The van der Waals surface area contributed by atoms with E-state index in [-0.39, 0.29) is 11.2 Å². The third-order valence-corrected chi connectivity index (χ3v) is 6.32. The van der Waals surface area contributed by atoms with Crippen molar-refractivity contribution in [3.8, 4) is 5.75 Å². The van der Waals surface area contributed by atoms with Crippen LogP contribution in [0.5, 0.6) is 5.75 Å². The Bertz CT molecular complexity index is 611. The Kier molecular flexibility index (Phi) is 4.78. The molecule has 3 rings (SSSR count). The van der Waals surface area contributed by atoms with Gasteiger partial charge in [-0.3, -0.25) is 4.79 Å². The van der Waals surface area contributed by atoms with Crippen LogP contribution >= 0.6 is 39.1 Å². The summed E-state index contributed by atoms with van der Waals surface area (Å²) < 4.78 is 5.65. The van der Waals surface area contributed by atoms with Gasteiger partial charge in [-0.05, 0) is 36.8 Å². The number of Topliss-reactive ketones (excluding diaryl/α,β-unsaturated/α-hetero) is 1. The lowest BCUT2D eigenvalue weighted by molar-refractivity contribution is 0.0744. The molecule has 1 fully saturated rings. The summed E-state index contributed by atoms with van der Waals surface area (Å²) in [7, 11) is 0. The minimum atomic E-state index is -0.333. The lowest BCUT2D eigenvalue weighted by Crippen LogP contribution is -2.32. The Morgan fingerprint density at radius 2 is 2.00 bits per heavy atom. The fourth-order valence-corrected chi connectivity index (χ4v) is 4.61. The summed E-state index contributed by atoms with van der Waals surface area (Å²) in [6.07, 6.45) is 5.45. The minimum absolute atomic E-state index is 0.161. The van der Waals surface area contributed by atoms with E-state index in [0.717, 1.165) is 30.2 Å². The normalized spacial score (nSPS) is 24.8. The van der Waals surface area contributed by atoms with E-state index >= 15 is 0 Å². The van der Waals surface area contributed by atoms with Gasteiger partial charge < -0.3 is 4.74 Å². The highest BCUT2D eigenvalue weighted by Gasteiger charge is 2.49. The molecule has 0 saturated heterocycles. The zero-order chi connectivity index (χ0) is 15.9. The van der Waals surface area contributed by atoms with Crippen LogP contribution in [0.4, 0.5) is 0 Å². The Hall–Kier alpha value is -0.250. The van der Waals surface area contributed by atoms with Crippen molar-refractivity contribution in [1.29, 1.82) is 0 Å². The molecule has 2 aliphatic rings. The second kappa shape index (κ2) is 6.33. The predicted molar refractivity (Wildman–Crippen MR) is 93.9 cm³/mol. The maximum atomic E-state index is 13.0. The summed E-state index contributed by atoms with van der Waals surface area (Å²) in [5.74, 6) is 1.19. The molecule has 0 aromatic heterocycles. The summed E-state index contributed by atoms with van der Waals surface area (Å²) in [5, 5.41) is 1.43. The van der Waals surface area contributed by atoms with Crippen LogP contribution < -0.4 is 4.74 Å². The van der Waals surface area contributed by atoms with E-state index in [1.54, 1.807) is 0 Å². The molecule has 0 radical (unpaired) electrons. The van der Waals surface area contributed by atoms with Crippen LogP contribution in [0.15, 0.2) is 6.07 Å². The van der Waals surface area contributed by atoms with Crippen molar-refractivity contribution in [3.05, 3.63) is 27.2 Å². The molecule has 0 N–H and O–H groups in total. The zero-order valence-electron chi connectivity index (χ0n) is 12.6. The summed E-state index contributed by atoms with van der Waals surface area (Å²) >= 11 is 16.0. The van der Waals surface area contributed by atoms with Crippen molar-refractivity contribution in [2.24, 2.45) is 11.3 Å². The van der Waals surface area contributed by atoms with Crippen molar-refractivity contribution < 1.29 is 9.53 Å². The third-order valence-electron chi connectivity index (χ3n) is 5.15. The molecule has 1 atom stereocenters. The van der Waals surface area contributed by atoms with Crippen molar-refractivity contribution in [1.82, 2.24) is 0 Å². The maximum absolute atomic E-state index is 13.0. The molecule has 0 aliphatic heterocycles. The van der Waals surface area contributed by atoms with Crippen molar-refractivity contribution in [3.63, 3.8) is 0 Å². The second-order valence-corrected chi connectivity index (χ2v) is 8.03. The fourth-order valence-electron chi connectivity index (χ4n) is 3.95. The number of carbonyl (C=O) groups excluding carboxylic acids is 1. The van der Waals surface area contributed by atoms with Gasteiger partial charge in [0.1, 0.15) is 10.8 Å². The molecular weight excluding hydrogens is 387 g/mol. The van der Waals surface area contributed by atoms with Crippen LogP contribution in [-0.4, -0.2) is 17.7 Å². The van der Waals surface area contributed by atoms with Gasteiger partial charge in [0, 0.05) is 16.3 Å². The van der Waals surface area contributed by atoms with Crippen LogP contribution in [-0.2, 0) is 6.42 Å². The molecule has 0 amide bonds. The van der Waals surface area contributed by atoms with Gasteiger partial charge in [-0.2, -0.15) is 0 Å². The Morgan fingerprint density at radius 1 is 1.32 bits per heavy atom. The SMILES string of the molecule is CC1(C2CCCC2)Cc2cc(OCCBr)c(Cl)c(Cl)c2C1=O. The third kappa shape index (κ3) is 2.59. The number of ketones is 1. The van der Waals surface area contributed by atoms with Crippen LogP contribution in [0.2, 0.25) is 10.0 Å². The average Bonchev–Trinajstić information content (AvgIpc) is 3.10. The monoisotopic (exact) mass is 404 g/mol. The summed E-state index contributed by atoms with van der Waals surface area (Å²) in [6.45, 7) is 2.61. The van der Waals surface area contributed by atoms with Crippen molar-refractivity contribution in [2.45, 2.75) is 39.0 Å². The Morgan fingerprint density at radius 3 is 2.64 bits per heavy atom. The predicted octanol–water partition coefficient (Wildman–Crippen LogP) is 5.70. The molecule has 0 heterocycles. The van der Waals surface area contributed by atoms with Gasteiger partial charge in [0.2, 0.25) is 0 Å². The first kappa shape index (κ1) is 16.6. The summed E-state index contributed by atoms with van der Waals surface area (Å²) in [6, 6.07) is 1.91. The molecule has 0 spiro atoms. The van der Waals surface area contributed by atoms with Gasteiger partial charge in [0.15, 0.2) is 5.78 Å². The highest BCUT2D eigenvalue weighted by molar-refractivity contribution is 9.09. The molecular formula is C17H19BrCl2O2. The van der Waals surface area contributed by atoms with Crippen molar-refractivity contribution in [2.75, 3.05) is 11.9 Å². The van der Waals surface area contributed by atoms with E-state index in [0.29, 0.717) is 33.9 Å². The first-order valence-electron chi connectivity index (χ1n) is 7.73. The summed E-state index contributed by atoms with van der Waals surface area (Å²) in [4.78, 5) is 13.0. The lowest BCUT2D eigenvalue weighted by Gasteiger charge is -2.29. The van der Waals surface area contributed by atoms with Gasteiger partial charge in [0.05, 0.1) is 11.6 Å². The molecule has 0 bridgehead atoms. The number of hydrogen-bond acceptors (Lipinski definition) is 2. The van der Waals surface area contributed by atoms with Gasteiger partial charge in [-0.15, -0.1) is 0 Å². The molecule has 1 aromatic rings. The van der Waals surface area contributed by atoms with Crippen LogP contribution in [0.25, 0.3) is 0 Å². The summed E-state index contributed by atoms with van der Waals surface area (Å²) in [5.41, 5.74) is 1.27. The number of carbonyl (C=O) groups is 1. The number of hydrogen-bond donors (Lipinski definition) is 0. The van der Waals surface area contributed by atoms with E-state index in [2.05, 4.69) is 22.9 Å². The van der Waals surface area contributed by atoms with E-state index in [4.69, 9.17) is 27.9 Å². The van der Waals surface area contributed by atoms with Gasteiger partial charge in [-0.25, -0.2) is 0 Å². The number of alkyl halides is 1. The van der Waals surface area contributed by atoms with Crippen LogP contribution in [0.1, 0.15) is 48.5 Å². The highest BCUT2D eigenvalue weighted by Crippen LogP contribution is 2.52. The number of rotatable bonds is 4. The molecule has 2 nitrogen and oxygen atoms in total. The quantitative estimate of drug-likeness (QED) is 0.600. The van der Waals surface area contributed by atoms with E-state index in [1.165, 1.54) is 12.8 Å². The lowest BCUT2D eigenvalue weighted by atomic mass is 9.73. The van der Waals surface area contributed by atoms with E-state index in [1.807, 2.05) is 6.07 Å². The first-order chi connectivity index (χ1) is 10.5. The fraction of sp³-hybridized carbons (Fsp3) is 0.588. The van der Waals surface area contributed by atoms with E-state index < -0.39 is 0 Å². The van der Waals surface area contributed by atoms with Gasteiger partial charge in [0.25, 0.3) is 0 Å². The molecule has 22 heavy (non-hydrogen) atoms. The van der Waals surface area contributed by atoms with Crippen LogP contribution in [0, 0.1) is 11.3 Å². The minimum Gasteiger partial charge on any atom is -0.491 e. The Labute approximate surface area is 149 Å². The van der Waals surface area contributed by atoms with Gasteiger partial charge in [-0.1, -0.05) is 58.9 Å². The molecule has 120 valence electrons. The van der Waals surface area contributed by atoms with E-state index in [9.17, 15) is 4.79 Å². The van der Waals surface area contributed by atoms with Crippen LogP contribution in [0.3, 0.4) is 0 Å². The number of halogens is 3. The largest absolute Gasteiger partial charge is 0.491 e. The Balaban J connectivity index is 1.99. The maximum Gasteiger partial charge on any atom is 0.171 e. The number of ether oxygens (including phenoxy) is 1. The molecule has 1 unspecified atom stereocenters. The molecule has 5 heteroatoms. The number of fused-ring (bicyclic) bond motifs is 1. The average molecular weight is 406 g/mol. The smallest absolute Gasteiger partial charge is 0.171 e. The standard InChI is InChI=1S/C17H19BrCl2O2/c1-17(11-4-2-3-5-11)9-10-8-12(22-7-6-18)14(19)15(20)13(10)16(17)21/h8,11H,2-7,9H2,1H3. The first-order valence-corrected chi connectivity index (χ1v) is 9.61.